The van der Waals surface area contributed by atoms with Gasteiger partial charge in [0, 0.05) is 32.0 Å². The number of halogens is 1. The molecule has 158 valence electrons. The lowest BCUT2D eigenvalue weighted by molar-refractivity contribution is 0.179. The van der Waals surface area contributed by atoms with Gasteiger partial charge < -0.3 is 10.2 Å². The summed E-state index contributed by atoms with van der Waals surface area (Å²) in [6.45, 7) is 7.80. The molecule has 2 aromatic carbocycles. The number of hydrogen-bond acceptors (Lipinski definition) is 3. The molecule has 0 aromatic heterocycles. The lowest BCUT2D eigenvalue weighted by Crippen LogP contribution is -2.43. The molecule has 2 fully saturated rings. The topological polar surface area (TPSA) is 15.3 Å². The highest BCUT2D eigenvalue weighted by molar-refractivity contribution is 8.00. The van der Waals surface area contributed by atoms with Crippen molar-refractivity contribution in [3.8, 4) is 0 Å². The fraction of sp³-hybridized carbons (Fsp3) is 0.462. The molecule has 30 heavy (non-hydrogen) atoms. The Balaban J connectivity index is 1.11. The summed E-state index contributed by atoms with van der Waals surface area (Å²) in [5.74, 6) is 0. The van der Waals surface area contributed by atoms with Gasteiger partial charge in [0.05, 0.1) is 0 Å². The van der Waals surface area contributed by atoms with Crippen molar-refractivity contribution in [2.45, 2.75) is 60.5 Å². The molecule has 0 atom stereocenters. The third kappa shape index (κ3) is 4.04. The summed E-state index contributed by atoms with van der Waals surface area (Å²) in [4.78, 5) is 4.07. The number of likely N-dealkylation sites (tertiary alicyclic amines) is 1. The molecule has 2 aliphatic heterocycles. The number of allylic oxidation sites excluding steroid dienone is 1. The van der Waals surface area contributed by atoms with Crippen LogP contribution < -0.4 is 5.32 Å². The van der Waals surface area contributed by atoms with E-state index in [9.17, 15) is 0 Å². The molecule has 3 aliphatic rings. The van der Waals surface area contributed by atoms with E-state index in [1.807, 2.05) is 6.07 Å². The van der Waals surface area contributed by atoms with Crippen LogP contribution in [0.5, 0.6) is 0 Å². The van der Waals surface area contributed by atoms with Crippen LogP contribution in [0.2, 0.25) is 5.02 Å². The third-order valence-electron chi connectivity index (χ3n) is 7.29. The number of piperidine rings is 1. The zero-order valence-corrected chi connectivity index (χ0v) is 19.2. The molecule has 1 spiro atoms. The number of fused-ring (bicyclic) bond motifs is 2. The number of nitrogens with one attached hydrogen (secondary N) is 1. The first-order chi connectivity index (χ1) is 14.6. The molecular formula is C26H31ClN2S. The van der Waals surface area contributed by atoms with Crippen molar-refractivity contribution in [2.75, 3.05) is 25.0 Å². The number of aryl methyl sites for hydroxylation is 1. The molecule has 1 saturated heterocycles. The van der Waals surface area contributed by atoms with Gasteiger partial charge >= 0.3 is 0 Å². The van der Waals surface area contributed by atoms with Crippen LogP contribution in [0.15, 0.2) is 59.6 Å². The number of nitrogens with zero attached hydrogens (tertiary/aromatic N) is 1. The Kier molecular flexibility index (Phi) is 5.88. The summed E-state index contributed by atoms with van der Waals surface area (Å²) in [6, 6.07) is 15.5. The lowest BCUT2D eigenvalue weighted by atomic mass is 9.72. The molecule has 2 nitrogen and oxygen atoms in total. The smallest absolute Gasteiger partial charge is 0.0425 e. The van der Waals surface area contributed by atoms with Gasteiger partial charge in [0.1, 0.15) is 0 Å². The minimum atomic E-state index is 0.0602. The zero-order chi connectivity index (χ0) is 20.6. The van der Waals surface area contributed by atoms with Crippen LogP contribution in [-0.2, 0) is 11.8 Å². The highest BCUT2D eigenvalue weighted by atomic mass is 35.5. The maximum absolute atomic E-state index is 6.30. The number of hydrogen-bond donors (Lipinski definition) is 1. The van der Waals surface area contributed by atoms with Gasteiger partial charge in [-0.2, -0.15) is 0 Å². The SMILES string of the molecule is C=C1Nc2ccc(Cl)cc2C12CCN(CCCc1ccc(SC3CCC3)cc1)CC2. The molecule has 0 radical (unpaired) electrons. The van der Waals surface area contributed by atoms with Crippen molar-refractivity contribution >= 4 is 29.1 Å². The van der Waals surface area contributed by atoms with Crippen LogP contribution in [0.4, 0.5) is 5.69 Å². The average Bonchev–Trinajstić information content (AvgIpc) is 2.98. The minimum Gasteiger partial charge on any atom is -0.358 e. The van der Waals surface area contributed by atoms with E-state index in [1.165, 1.54) is 60.4 Å². The van der Waals surface area contributed by atoms with Crippen LogP contribution in [0.1, 0.15) is 49.7 Å². The minimum absolute atomic E-state index is 0.0602. The lowest BCUT2D eigenvalue weighted by Gasteiger charge is -2.40. The fourth-order valence-electron chi connectivity index (χ4n) is 5.12. The van der Waals surface area contributed by atoms with Crippen LogP contribution in [-0.4, -0.2) is 29.8 Å². The van der Waals surface area contributed by atoms with Gasteiger partial charge in [0.2, 0.25) is 0 Å². The van der Waals surface area contributed by atoms with Gasteiger partial charge in [0.25, 0.3) is 0 Å². The highest BCUT2D eigenvalue weighted by Gasteiger charge is 2.44. The molecule has 2 heterocycles. The summed E-state index contributed by atoms with van der Waals surface area (Å²) in [5.41, 5.74) is 5.22. The molecule has 1 aliphatic carbocycles. The normalized spacial score (nSPS) is 20.8. The quantitative estimate of drug-likeness (QED) is 0.528. The van der Waals surface area contributed by atoms with Crippen molar-refractivity contribution in [1.29, 1.82) is 0 Å². The van der Waals surface area contributed by atoms with E-state index in [0.717, 1.165) is 41.9 Å². The molecule has 2 aromatic rings. The molecule has 1 N–H and O–H groups in total. The van der Waals surface area contributed by atoms with Gasteiger partial charge in [-0.15, -0.1) is 11.8 Å². The maximum atomic E-state index is 6.30. The van der Waals surface area contributed by atoms with Gasteiger partial charge in [0.15, 0.2) is 0 Å². The van der Waals surface area contributed by atoms with E-state index >= 15 is 0 Å². The summed E-state index contributed by atoms with van der Waals surface area (Å²) < 4.78 is 0. The Bertz CT molecular complexity index is 911. The number of rotatable bonds is 6. The van der Waals surface area contributed by atoms with Crippen LogP contribution in [0, 0.1) is 0 Å². The Morgan fingerprint density at radius 3 is 2.57 bits per heavy atom. The van der Waals surface area contributed by atoms with E-state index in [2.05, 4.69) is 65.0 Å². The third-order valence-corrected chi connectivity index (χ3v) is 8.87. The molecule has 1 saturated carbocycles. The Morgan fingerprint density at radius 1 is 1.10 bits per heavy atom. The van der Waals surface area contributed by atoms with Crippen molar-refractivity contribution in [3.05, 3.63) is 70.9 Å². The molecular weight excluding hydrogens is 408 g/mol. The van der Waals surface area contributed by atoms with E-state index in [-0.39, 0.29) is 5.41 Å². The van der Waals surface area contributed by atoms with Gasteiger partial charge in [-0.1, -0.05) is 36.7 Å². The molecule has 5 rings (SSSR count). The van der Waals surface area contributed by atoms with Gasteiger partial charge in [-0.3, -0.25) is 0 Å². The second-order valence-electron chi connectivity index (χ2n) is 9.14. The Morgan fingerprint density at radius 2 is 1.87 bits per heavy atom. The first-order valence-electron chi connectivity index (χ1n) is 11.4. The summed E-state index contributed by atoms with van der Waals surface area (Å²) in [7, 11) is 0. The van der Waals surface area contributed by atoms with Crippen molar-refractivity contribution < 1.29 is 0 Å². The molecule has 0 unspecified atom stereocenters. The summed E-state index contributed by atoms with van der Waals surface area (Å²) >= 11 is 8.37. The van der Waals surface area contributed by atoms with E-state index in [1.54, 1.807) is 0 Å². The summed E-state index contributed by atoms with van der Waals surface area (Å²) in [5, 5.41) is 5.21. The van der Waals surface area contributed by atoms with Crippen LogP contribution in [0.3, 0.4) is 0 Å². The molecule has 0 bridgehead atoms. The second-order valence-corrected chi connectivity index (χ2v) is 10.9. The van der Waals surface area contributed by atoms with E-state index in [4.69, 9.17) is 11.6 Å². The monoisotopic (exact) mass is 438 g/mol. The number of anilines is 1. The number of thioether (sulfide) groups is 1. The first-order valence-corrected chi connectivity index (χ1v) is 12.6. The van der Waals surface area contributed by atoms with Crippen molar-refractivity contribution in [1.82, 2.24) is 4.90 Å². The maximum Gasteiger partial charge on any atom is 0.0425 e. The largest absolute Gasteiger partial charge is 0.358 e. The predicted octanol–water partition coefficient (Wildman–Crippen LogP) is 6.89. The average molecular weight is 439 g/mol. The highest BCUT2D eigenvalue weighted by Crippen LogP contribution is 2.50. The molecule has 0 amide bonds. The van der Waals surface area contributed by atoms with Crippen molar-refractivity contribution in [3.63, 3.8) is 0 Å². The van der Waals surface area contributed by atoms with Gasteiger partial charge in [-0.05, 0) is 99.6 Å². The zero-order valence-electron chi connectivity index (χ0n) is 17.6. The standard InChI is InChI=1S/C26H31ClN2S/c1-19-26(24-18-21(27)9-12-25(24)28-19)13-16-29(17-14-26)15-3-4-20-7-10-23(11-8-20)30-22-5-2-6-22/h7-12,18,22,28H,1-6,13-17H2. The first kappa shape index (κ1) is 20.5. The predicted molar refractivity (Wildman–Crippen MR) is 130 cm³/mol. The summed E-state index contributed by atoms with van der Waals surface area (Å²) in [6.07, 6.45) is 8.85. The second kappa shape index (κ2) is 8.61. The Labute approximate surface area is 190 Å². The van der Waals surface area contributed by atoms with E-state index in [0.29, 0.717) is 0 Å². The number of benzene rings is 2. The van der Waals surface area contributed by atoms with Crippen molar-refractivity contribution in [2.24, 2.45) is 0 Å². The Hall–Kier alpha value is -1.42. The fourth-order valence-corrected chi connectivity index (χ4v) is 6.54. The molecule has 4 heteroatoms. The van der Waals surface area contributed by atoms with Crippen LogP contribution >= 0.6 is 23.4 Å². The van der Waals surface area contributed by atoms with Crippen LogP contribution in [0.25, 0.3) is 0 Å². The van der Waals surface area contributed by atoms with E-state index < -0.39 is 0 Å². The van der Waals surface area contributed by atoms with Gasteiger partial charge in [-0.25, -0.2) is 0 Å².